The van der Waals surface area contributed by atoms with E-state index in [1.807, 2.05) is 0 Å². The Hall–Kier alpha value is -3.80. The maximum atomic E-state index is 14.4. The van der Waals surface area contributed by atoms with Gasteiger partial charge in [-0.2, -0.15) is 0 Å². The fourth-order valence-corrected chi connectivity index (χ4v) is 6.75. The Morgan fingerprint density at radius 1 is 1.07 bits per heavy atom. The second-order valence-electron chi connectivity index (χ2n) is 10.0. The van der Waals surface area contributed by atoms with Gasteiger partial charge in [0.25, 0.3) is 5.69 Å². The molecule has 2 saturated heterocycles. The van der Waals surface area contributed by atoms with Crippen molar-refractivity contribution in [2.24, 2.45) is 5.92 Å². The minimum Gasteiger partial charge on any atom is -0.338 e. The Balaban J connectivity index is 1.76. The molecule has 5 rings (SSSR count). The molecule has 2 aliphatic heterocycles. The van der Waals surface area contributed by atoms with Crippen LogP contribution in [0, 0.1) is 16.0 Å². The van der Waals surface area contributed by atoms with Crippen molar-refractivity contribution in [2.75, 3.05) is 32.7 Å². The number of likely N-dealkylation sites (tertiary alicyclic amines) is 1. The predicted molar refractivity (Wildman–Crippen MR) is 156 cm³/mol. The van der Waals surface area contributed by atoms with E-state index in [-0.39, 0.29) is 17.4 Å². The molecule has 2 aliphatic rings. The molecule has 214 valence electrons. The summed E-state index contributed by atoms with van der Waals surface area (Å²) in [5, 5.41) is 20.1. The Labute approximate surface area is 246 Å². The number of hydrogen-bond acceptors (Lipinski definition) is 7. The van der Waals surface area contributed by atoms with Gasteiger partial charge in [0.2, 0.25) is 5.91 Å². The third kappa shape index (κ3) is 5.70. The van der Waals surface area contributed by atoms with E-state index in [1.54, 1.807) is 65.7 Å². The second kappa shape index (κ2) is 12.4. The number of carbonyl (C=O) groups is 3. The van der Waals surface area contributed by atoms with Gasteiger partial charge in [-0.3, -0.25) is 19.7 Å². The molecule has 0 spiro atoms. The molecule has 1 aromatic heterocycles. The Morgan fingerprint density at radius 2 is 1.80 bits per heavy atom. The maximum Gasteiger partial charge on any atom is 0.318 e. The molecule has 0 saturated carbocycles. The quantitative estimate of drug-likeness (QED) is 0.236. The molecule has 12 heteroatoms. The monoisotopic (exact) mass is 595 g/mol. The molecule has 2 N–H and O–H groups in total. The van der Waals surface area contributed by atoms with E-state index in [0.717, 1.165) is 0 Å². The van der Waals surface area contributed by atoms with Gasteiger partial charge < -0.3 is 20.4 Å². The smallest absolute Gasteiger partial charge is 0.318 e. The highest BCUT2D eigenvalue weighted by atomic mass is 35.5. The number of nitro benzene ring substituents is 1. The average Bonchev–Trinajstić information content (AvgIpc) is 3.65. The lowest BCUT2D eigenvalue weighted by atomic mass is 9.77. The van der Waals surface area contributed by atoms with Crippen molar-refractivity contribution >= 4 is 46.3 Å². The van der Waals surface area contributed by atoms with Crippen LogP contribution in [0.15, 0.2) is 66.0 Å². The van der Waals surface area contributed by atoms with Crippen molar-refractivity contribution in [3.8, 4) is 0 Å². The molecule has 3 heterocycles. The summed E-state index contributed by atoms with van der Waals surface area (Å²) in [4.78, 5) is 57.6. The van der Waals surface area contributed by atoms with Gasteiger partial charge in [-0.05, 0) is 41.6 Å². The normalized spacial score (nSPS) is 22.4. The highest BCUT2D eigenvalue weighted by Crippen LogP contribution is 2.52. The first-order valence-electron chi connectivity index (χ1n) is 13.4. The number of non-ortho nitro benzene ring substituents is 1. The molecule has 4 atom stereocenters. The molecule has 0 radical (unpaired) electrons. The SMILES string of the molecule is CCNC(=O)N1C(C(=O)N2CCNCC2)C(c2ccc(Cl)cc2)C(C(=O)c2cccs2)C1c1cccc([N+](=O)[O-])c1. The Bertz CT molecular complexity index is 1430. The van der Waals surface area contributed by atoms with Gasteiger partial charge in [0.15, 0.2) is 5.78 Å². The van der Waals surface area contributed by atoms with Gasteiger partial charge in [0, 0.05) is 55.8 Å². The summed E-state index contributed by atoms with van der Waals surface area (Å²) in [6.07, 6.45) is 0. The van der Waals surface area contributed by atoms with Crippen molar-refractivity contribution in [1.29, 1.82) is 0 Å². The number of ketones is 1. The van der Waals surface area contributed by atoms with Crippen LogP contribution in [0.3, 0.4) is 0 Å². The number of carbonyl (C=O) groups excluding carboxylic acids is 3. The van der Waals surface area contributed by atoms with Crippen molar-refractivity contribution in [3.05, 3.63) is 97.2 Å². The fraction of sp³-hybridized carbons (Fsp3) is 0.345. The number of rotatable bonds is 7. The third-order valence-corrected chi connectivity index (χ3v) is 8.79. The number of Topliss-reactive ketones (excluding diaryl/α,β-unsaturated/α-hetero) is 1. The number of halogens is 1. The van der Waals surface area contributed by atoms with Crippen LogP contribution in [0.2, 0.25) is 5.02 Å². The van der Waals surface area contributed by atoms with Crippen molar-refractivity contribution in [2.45, 2.75) is 24.9 Å². The van der Waals surface area contributed by atoms with E-state index >= 15 is 0 Å². The van der Waals surface area contributed by atoms with Gasteiger partial charge in [-0.1, -0.05) is 41.9 Å². The second-order valence-corrected chi connectivity index (χ2v) is 11.4. The molecule has 0 bridgehead atoms. The Kier molecular flexibility index (Phi) is 8.67. The van der Waals surface area contributed by atoms with E-state index in [9.17, 15) is 24.5 Å². The number of thiophene rings is 1. The summed E-state index contributed by atoms with van der Waals surface area (Å²) in [5.74, 6) is -2.15. The first kappa shape index (κ1) is 28.7. The molecule has 4 unspecified atom stereocenters. The van der Waals surface area contributed by atoms with Crippen LogP contribution in [0.25, 0.3) is 0 Å². The molecule has 3 aromatic rings. The number of benzene rings is 2. The lowest BCUT2D eigenvalue weighted by molar-refractivity contribution is -0.385. The molecule has 0 aliphatic carbocycles. The molecular formula is C29H30ClN5O5S. The van der Waals surface area contributed by atoms with Crippen LogP contribution >= 0.6 is 22.9 Å². The third-order valence-electron chi connectivity index (χ3n) is 7.66. The minimum absolute atomic E-state index is 0.166. The number of hydrogen-bond donors (Lipinski definition) is 2. The molecule has 2 aromatic carbocycles. The lowest BCUT2D eigenvalue weighted by Gasteiger charge is -2.36. The van der Waals surface area contributed by atoms with E-state index < -0.39 is 34.9 Å². The molecule has 2 fully saturated rings. The fourth-order valence-electron chi connectivity index (χ4n) is 5.91. The van der Waals surface area contributed by atoms with Crippen LogP contribution in [0.1, 0.15) is 39.7 Å². The van der Waals surface area contributed by atoms with Crippen molar-refractivity contribution < 1.29 is 19.3 Å². The first-order valence-corrected chi connectivity index (χ1v) is 14.7. The lowest BCUT2D eigenvalue weighted by Crippen LogP contribution is -2.56. The van der Waals surface area contributed by atoms with Crippen LogP contribution in [0.4, 0.5) is 10.5 Å². The predicted octanol–water partition coefficient (Wildman–Crippen LogP) is 4.48. The summed E-state index contributed by atoms with van der Waals surface area (Å²) < 4.78 is 0. The minimum atomic E-state index is -1.04. The number of piperazine rings is 1. The van der Waals surface area contributed by atoms with Gasteiger partial charge in [0.1, 0.15) is 6.04 Å². The number of amides is 3. The highest BCUT2D eigenvalue weighted by Gasteiger charge is 2.58. The van der Waals surface area contributed by atoms with Crippen molar-refractivity contribution in [3.63, 3.8) is 0 Å². The Morgan fingerprint density at radius 3 is 2.44 bits per heavy atom. The largest absolute Gasteiger partial charge is 0.338 e. The van der Waals surface area contributed by atoms with Gasteiger partial charge in [-0.15, -0.1) is 11.3 Å². The summed E-state index contributed by atoms with van der Waals surface area (Å²) in [6.45, 7) is 4.19. The van der Waals surface area contributed by atoms with Gasteiger partial charge in [-0.25, -0.2) is 4.79 Å². The average molecular weight is 596 g/mol. The van der Waals surface area contributed by atoms with Crippen molar-refractivity contribution in [1.82, 2.24) is 20.4 Å². The van der Waals surface area contributed by atoms with E-state index in [0.29, 0.717) is 53.8 Å². The summed E-state index contributed by atoms with van der Waals surface area (Å²) >= 11 is 7.50. The number of urea groups is 1. The molecular weight excluding hydrogens is 566 g/mol. The van der Waals surface area contributed by atoms with E-state index in [1.165, 1.54) is 28.4 Å². The summed E-state index contributed by atoms with van der Waals surface area (Å²) in [7, 11) is 0. The van der Waals surface area contributed by atoms with Crippen LogP contribution in [-0.4, -0.2) is 71.2 Å². The number of nitrogens with one attached hydrogen (secondary N) is 2. The number of nitro groups is 1. The molecule has 41 heavy (non-hydrogen) atoms. The zero-order valence-corrected chi connectivity index (χ0v) is 23.9. The van der Waals surface area contributed by atoms with E-state index in [2.05, 4.69) is 10.6 Å². The standard InChI is InChI=1S/C29H30ClN5O5S/c1-2-32-29(38)34-25(19-5-3-6-21(17-19)35(39)40)24(27(36)22-7-4-16-41-22)23(18-8-10-20(30)11-9-18)26(34)28(37)33-14-12-31-13-15-33/h3-11,16-17,23-26,31H,2,12-15H2,1H3,(H,32,38). The van der Waals surface area contributed by atoms with Gasteiger partial charge in [0.05, 0.1) is 21.8 Å². The van der Waals surface area contributed by atoms with E-state index in [4.69, 9.17) is 11.6 Å². The summed E-state index contributed by atoms with van der Waals surface area (Å²) in [6, 6.07) is 13.9. The zero-order valence-electron chi connectivity index (χ0n) is 22.4. The topological polar surface area (TPSA) is 125 Å². The molecule has 3 amide bonds. The van der Waals surface area contributed by atoms with Crippen LogP contribution in [-0.2, 0) is 4.79 Å². The first-order chi connectivity index (χ1) is 19.8. The zero-order chi connectivity index (χ0) is 29.1. The number of nitrogens with zero attached hydrogens (tertiary/aromatic N) is 3. The maximum absolute atomic E-state index is 14.4. The molecule has 10 nitrogen and oxygen atoms in total. The highest BCUT2D eigenvalue weighted by molar-refractivity contribution is 7.12. The van der Waals surface area contributed by atoms with Crippen LogP contribution < -0.4 is 10.6 Å². The summed E-state index contributed by atoms with van der Waals surface area (Å²) in [5.41, 5.74) is 0.926. The van der Waals surface area contributed by atoms with Crippen LogP contribution in [0.5, 0.6) is 0 Å². The van der Waals surface area contributed by atoms with Gasteiger partial charge >= 0.3 is 6.03 Å².